The Hall–Kier alpha value is -3.82. The predicted octanol–water partition coefficient (Wildman–Crippen LogP) is 4.96. The lowest BCUT2D eigenvalue weighted by Crippen LogP contribution is -2.44. The minimum absolute atomic E-state index is 0.117. The van der Waals surface area contributed by atoms with E-state index < -0.39 is 0 Å². The molecule has 1 heterocycles. The minimum atomic E-state index is -0.153. The lowest BCUT2D eigenvalue weighted by atomic mass is 10.1. The summed E-state index contributed by atoms with van der Waals surface area (Å²) >= 11 is 0. The third-order valence-electron chi connectivity index (χ3n) is 4.85. The number of morpholine rings is 1. The maximum Gasteiger partial charge on any atom is 0.322 e. The zero-order chi connectivity index (χ0) is 20.8. The maximum absolute atomic E-state index is 12.7. The Bertz CT molecular complexity index is 1030. The lowest BCUT2D eigenvalue weighted by molar-refractivity contribution is -0.0135. The van der Waals surface area contributed by atoms with Crippen LogP contribution in [0, 0.1) is 11.3 Å². The Balaban J connectivity index is 1.34. The van der Waals surface area contributed by atoms with Crippen LogP contribution in [0.3, 0.4) is 0 Å². The quantitative estimate of drug-likeness (QED) is 0.673. The molecule has 0 spiro atoms. The van der Waals surface area contributed by atoms with Crippen molar-refractivity contribution < 1.29 is 14.3 Å². The van der Waals surface area contributed by atoms with Crippen molar-refractivity contribution in [2.75, 3.05) is 25.0 Å². The van der Waals surface area contributed by atoms with Gasteiger partial charge in [0.2, 0.25) is 0 Å². The molecule has 1 atom stereocenters. The molecule has 1 fully saturated rings. The maximum atomic E-state index is 12.7. The van der Waals surface area contributed by atoms with Crippen LogP contribution in [-0.2, 0) is 4.74 Å². The van der Waals surface area contributed by atoms with Crippen molar-refractivity contribution in [1.29, 1.82) is 5.26 Å². The van der Waals surface area contributed by atoms with Crippen LogP contribution in [-0.4, -0.2) is 30.6 Å². The summed E-state index contributed by atoms with van der Waals surface area (Å²) in [5.74, 6) is 1.29. The largest absolute Gasteiger partial charge is 0.457 e. The number of amides is 2. The Kier molecular flexibility index (Phi) is 5.93. The minimum Gasteiger partial charge on any atom is -0.457 e. The van der Waals surface area contributed by atoms with Gasteiger partial charge in [-0.05, 0) is 54.1 Å². The molecule has 6 nitrogen and oxygen atoms in total. The van der Waals surface area contributed by atoms with Gasteiger partial charge in [-0.3, -0.25) is 0 Å². The molecule has 150 valence electrons. The summed E-state index contributed by atoms with van der Waals surface area (Å²) in [5, 5.41) is 11.8. The predicted molar refractivity (Wildman–Crippen MR) is 113 cm³/mol. The highest BCUT2D eigenvalue weighted by Crippen LogP contribution is 2.25. The Labute approximate surface area is 175 Å². The zero-order valence-electron chi connectivity index (χ0n) is 16.3. The molecule has 1 aliphatic heterocycles. The van der Waals surface area contributed by atoms with Gasteiger partial charge in [0.15, 0.2) is 0 Å². The van der Waals surface area contributed by atoms with E-state index in [1.807, 2.05) is 30.3 Å². The molecular formula is C24H21N3O3. The number of hydrogen-bond donors (Lipinski definition) is 1. The molecule has 0 aromatic heterocycles. The third kappa shape index (κ3) is 4.77. The van der Waals surface area contributed by atoms with E-state index in [1.54, 1.807) is 53.4 Å². The molecule has 6 heteroatoms. The fourth-order valence-corrected chi connectivity index (χ4v) is 3.25. The molecular weight excluding hydrogens is 378 g/mol. The fourth-order valence-electron chi connectivity index (χ4n) is 3.25. The molecule has 0 radical (unpaired) electrons. The number of rotatable bonds is 4. The van der Waals surface area contributed by atoms with Gasteiger partial charge >= 0.3 is 6.03 Å². The van der Waals surface area contributed by atoms with Crippen molar-refractivity contribution >= 4 is 11.7 Å². The molecule has 1 aliphatic rings. The van der Waals surface area contributed by atoms with Crippen molar-refractivity contribution in [3.8, 4) is 17.6 Å². The first-order valence-electron chi connectivity index (χ1n) is 9.72. The molecule has 3 aromatic carbocycles. The van der Waals surface area contributed by atoms with E-state index in [9.17, 15) is 4.79 Å². The summed E-state index contributed by atoms with van der Waals surface area (Å²) in [7, 11) is 0. The van der Waals surface area contributed by atoms with Crippen molar-refractivity contribution in [2.24, 2.45) is 0 Å². The van der Waals surface area contributed by atoms with Gasteiger partial charge in [0.1, 0.15) is 17.6 Å². The second-order valence-electron chi connectivity index (χ2n) is 6.91. The van der Waals surface area contributed by atoms with E-state index in [2.05, 4.69) is 11.4 Å². The number of hydrogen-bond acceptors (Lipinski definition) is 4. The molecule has 0 saturated carbocycles. The second-order valence-corrected chi connectivity index (χ2v) is 6.91. The van der Waals surface area contributed by atoms with E-state index in [1.165, 1.54) is 0 Å². The molecule has 2 amide bonds. The highest BCUT2D eigenvalue weighted by atomic mass is 16.5. The summed E-state index contributed by atoms with van der Waals surface area (Å²) in [4.78, 5) is 14.4. The van der Waals surface area contributed by atoms with Crippen LogP contribution in [0.15, 0.2) is 78.9 Å². The summed E-state index contributed by atoms with van der Waals surface area (Å²) in [6.07, 6.45) is -0.117. The molecule has 4 rings (SSSR count). The van der Waals surface area contributed by atoms with E-state index in [4.69, 9.17) is 14.7 Å². The molecule has 0 bridgehead atoms. The molecule has 1 unspecified atom stereocenters. The van der Waals surface area contributed by atoms with Crippen molar-refractivity contribution in [1.82, 2.24) is 4.90 Å². The van der Waals surface area contributed by atoms with Crippen molar-refractivity contribution in [3.63, 3.8) is 0 Å². The molecule has 1 saturated heterocycles. The average molecular weight is 399 g/mol. The summed E-state index contributed by atoms with van der Waals surface area (Å²) in [6.45, 7) is 1.56. The summed E-state index contributed by atoms with van der Waals surface area (Å²) < 4.78 is 11.6. The van der Waals surface area contributed by atoms with Crippen molar-refractivity contribution in [3.05, 3.63) is 90.0 Å². The lowest BCUT2D eigenvalue weighted by Gasteiger charge is -2.33. The first-order valence-corrected chi connectivity index (χ1v) is 9.72. The van der Waals surface area contributed by atoms with Crippen LogP contribution >= 0.6 is 0 Å². The number of urea groups is 1. The number of benzene rings is 3. The average Bonchev–Trinajstić information content (AvgIpc) is 2.81. The summed E-state index contributed by atoms with van der Waals surface area (Å²) in [6, 6.07) is 25.9. The number of nitriles is 1. The van der Waals surface area contributed by atoms with Gasteiger partial charge in [-0.15, -0.1) is 0 Å². The number of carbonyl (C=O) groups excluding carboxylic acids is 1. The summed E-state index contributed by atoms with van der Waals surface area (Å²) in [5.41, 5.74) is 2.34. The Morgan fingerprint density at radius 3 is 2.33 bits per heavy atom. The topological polar surface area (TPSA) is 74.6 Å². The normalized spacial score (nSPS) is 15.8. The number of anilines is 1. The molecule has 30 heavy (non-hydrogen) atoms. The van der Waals surface area contributed by atoms with Crippen LogP contribution in [0.2, 0.25) is 0 Å². The van der Waals surface area contributed by atoms with E-state index in [-0.39, 0.29) is 12.1 Å². The van der Waals surface area contributed by atoms with Gasteiger partial charge < -0.3 is 19.7 Å². The van der Waals surface area contributed by atoms with Crippen LogP contribution in [0.25, 0.3) is 0 Å². The molecule has 3 aromatic rings. The first-order chi connectivity index (χ1) is 14.7. The van der Waals surface area contributed by atoms with E-state index in [0.717, 1.165) is 5.56 Å². The number of nitrogens with zero attached hydrogens (tertiary/aromatic N) is 2. The van der Waals surface area contributed by atoms with Crippen LogP contribution in [0.4, 0.5) is 10.5 Å². The highest BCUT2D eigenvalue weighted by molar-refractivity contribution is 5.89. The van der Waals surface area contributed by atoms with Gasteiger partial charge in [-0.1, -0.05) is 30.3 Å². The van der Waals surface area contributed by atoms with E-state index >= 15 is 0 Å². The number of ether oxygens (including phenoxy) is 2. The molecule has 1 N–H and O–H groups in total. The first kappa shape index (κ1) is 19.5. The smallest absolute Gasteiger partial charge is 0.322 e. The SMILES string of the molecule is N#Cc1ccc(Oc2ccc(NC(=O)N3CCOC(c4ccccc4)C3)cc2)cc1. The number of nitrogens with one attached hydrogen (secondary N) is 1. The second kappa shape index (κ2) is 9.12. The fraction of sp³-hybridized carbons (Fsp3) is 0.167. The van der Waals surface area contributed by atoms with Gasteiger partial charge in [0.25, 0.3) is 0 Å². The van der Waals surface area contributed by atoms with Crippen LogP contribution < -0.4 is 10.1 Å². The monoisotopic (exact) mass is 399 g/mol. The van der Waals surface area contributed by atoms with Gasteiger partial charge in [-0.2, -0.15) is 5.26 Å². The van der Waals surface area contributed by atoms with Crippen molar-refractivity contribution in [2.45, 2.75) is 6.10 Å². The molecule has 0 aliphatic carbocycles. The van der Waals surface area contributed by atoms with Gasteiger partial charge in [0.05, 0.1) is 24.8 Å². The Morgan fingerprint density at radius 2 is 1.67 bits per heavy atom. The van der Waals surface area contributed by atoms with E-state index in [0.29, 0.717) is 42.4 Å². The van der Waals surface area contributed by atoms with Crippen LogP contribution in [0.1, 0.15) is 17.2 Å². The van der Waals surface area contributed by atoms with Gasteiger partial charge in [-0.25, -0.2) is 4.79 Å². The number of carbonyl (C=O) groups is 1. The van der Waals surface area contributed by atoms with Crippen LogP contribution in [0.5, 0.6) is 11.5 Å². The zero-order valence-corrected chi connectivity index (χ0v) is 16.3. The standard InChI is InChI=1S/C24H21N3O3/c25-16-18-6-10-21(11-7-18)30-22-12-8-20(9-13-22)26-24(28)27-14-15-29-23(17-27)19-4-2-1-3-5-19/h1-13,23H,14-15,17H2,(H,26,28). The Morgan fingerprint density at radius 1 is 1.00 bits per heavy atom. The highest BCUT2D eigenvalue weighted by Gasteiger charge is 2.25. The van der Waals surface area contributed by atoms with Gasteiger partial charge in [0, 0.05) is 12.2 Å². The third-order valence-corrected chi connectivity index (χ3v) is 4.85.